The van der Waals surface area contributed by atoms with Crippen molar-refractivity contribution in [1.82, 2.24) is 0 Å². The Morgan fingerprint density at radius 3 is 2.44 bits per heavy atom. The second-order valence-electron chi connectivity index (χ2n) is 4.79. The minimum Gasteiger partial charge on any atom is -0.370 e. The van der Waals surface area contributed by atoms with Crippen molar-refractivity contribution in [2.45, 2.75) is 12.3 Å². The first kappa shape index (κ1) is 11.6. The number of benzene rings is 2. The van der Waals surface area contributed by atoms with E-state index in [2.05, 4.69) is 47.4 Å². The summed E-state index contributed by atoms with van der Waals surface area (Å²) in [6, 6.07) is 18.9. The monoisotopic (exact) mass is 257 g/mol. The van der Waals surface area contributed by atoms with Gasteiger partial charge in [-0.15, -0.1) is 0 Å². The van der Waals surface area contributed by atoms with Gasteiger partial charge in [-0.2, -0.15) is 0 Å². The van der Waals surface area contributed by atoms with E-state index in [1.54, 1.807) is 0 Å². The summed E-state index contributed by atoms with van der Waals surface area (Å²) in [4.78, 5) is 2.39. The molecule has 0 amide bonds. The van der Waals surface area contributed by atoms with Gasteiger partial charge in [0, 0.05) is 19.0 Å². The zero-order valence-corrected chi connectivity index (χ0v) is 11.0. The first-order valence-corrected chi connectivity index (χ1v) is 6.77. The predicted molar refractivity (Wildman–Crippen MR) is 77.5 cm³/mol. The molecule has 0 spiro atoms. The molecule has 0 N–H and O–H groups in total. The van der Waals surface area contributed by atoms with E-state index in [1.807, 2.05) is 12.1 Å². The third-order valence-corrected chi connectivity index (χ3v) is 3.97. The highest BCUT2D eigenvalue weighted by Crippen LogP contribution is 2.33. The third-order valence-electron chi connectivity index (χ3n) is 3.65. The zero-order chi connectivity index (χ0) is 12.4. The lowest BCUT2D eigenvalue weighted by Gasteiger charge is -2.20. The van der Waals surface area contributed by atoms with Gasteiger partial charge in [0.05, 0.1) is 10.7 Å². The topological polar surface area (TPSA) is 3.24 Å². The van der Waals surface area contributed by atoms with Crippen molar-refractivity contribution in [3.8, 4) is 0 Å². The molecule has 0 radical (unpaired) electrons. The highest BCUT2D eigenvalue weighted by molar-refractivity contribution is 6.33. The molecule has 1 aliphatic rings. The smallest absolute Gasteiger partial charge is 0.0639 e. The summed E-state index contributed by atoms with van der Waals surface area (Å²) in [6.07, 6.45) is 1.20. The molecule has 1 aliphatic heterocycles. The SMILES string of the molecule is Clc1ccccc1N1CCC(c2ccccc2)C1. The molecule has 2 aromatic carbocycles. The van der Waals surface area contributed by atoms with Gasteiger partial charge in [-0.3, -0.25) is 0 Å². The summed E-state index contributed by atoms with van der Waals surface area (Å²) in [5.74, 6) is 0.627. The Bertz CT molecular complexity index is 524. The van der Waals surface area contributed by atoms with Crippen LogP contribution in [0, 0.1) is 0 Å². The second kappa shape index (κ2) is 5.03. The molecular weight excluding hydrogens is 242 g/mol. The maximum Gasteiger partial charge on any atom is 0.0639 e. The first-order chi connectivity index (χ1) is 8.84. The van der Waals surface area contributed by atoms with Crippen LogP contribution in [0.15, 0.2) is 54.6 Å². The molecule has 1 atom stereocenters. The number of rotatable bonds is 2. The Labute approximate surface area is 113 Å². The standard InChI is InChI=1S/C16H16ClN/c17-15-8-4-5-9-16(15)18-11-10-14(12-18)13-6-2-1-3-7-13/h1-9,14H,10-12H2. The largest absolute Gasteiger partial charge is 0.370 e. The summed E-state index contributed by atoms with van der Waals surface area (Å²) in [5, 5.41) is 0.853. The van der Waals surface area contributed by atoms with Crippen molar-refractivity contribution < 1.29 is 0 Å². The van der Waals surface area contributed by atoms with E-state index in [1.165, 1.54) is 12.0 Å². The summed E-state index contributed by atoms with van der Waals surface area (Å²) in [6.45, 7) is 2.15. The normalized spacial score (nSPS) is 19.2. The van der Waals surface area contributed by atoms with Gasteiger partial charge in [-0.1, -0.05) is 54.1 Å². The Hall–Kier alpha value is -1.47. The molecule has 2 aromatic rings. The first-order valence-electron chi connectivity index (χ1n) is 6.39. The quantitative estimate of drug-likeness (QED) is 0.774. The fourth-order valence-electron chi connectivity index (χ4n) is 2.68. The van der Waals surface area contributed by atoms with Gasteiger partial charge in [-0.25, -0.2) is 0 Å². The Morgan fingerprint density at radius 1 is 0.944 bits per heavy atom. The average molecular weight is 258 g/mol. The summed E-state index contributed by atoms with van der Waals surface area (Å²) in [7, 11) is 0. The van der Waals surface area contributed by atoms with E-state index >= 15 is 0 Å². The van der Waals surface area contributed by atoms with E-state index in [0.29, 0.717) is 5.92 Å². The van der Waals surface area contributed by atoms with Gasteiger partial charge in [0.1, 0.15) is 0 Å². The molecule has 1 fully saturated rings. The Morgan fingerprint density at radius 2 is 1.67 bits per heavy atom. The maximum atomic E-state index is 6.26. The number of nitrogens with zero attached hydrogens (tertiary/aromatic N) is 1. The van der Waals surface area contributed by atoms with Crippen LogP contribution >= 0.6 is 11.6 Å². The second-order valence-corrected chi connectivity index (χ2v) is 5.20. The number of hydrogen-bond acceptors (Lipinski definition) is 1. The van der Waals surface area contributed by atoms with Crippen LogP contribution in [-0.2, 0) is 0 Å². The van der Waals surface area contributed by atoms with Gasteiger partial charge < -0.3 is 4.90 Å². The summed E-state index contributed by atoms with van der Waals surface area (Å²) in [5.41, 5.74) is 2.60. The van der Waals surface area contributed by atoms with Gasteiger partial charge in [0.25, 0.3) is 0 Å². The maximum absolute atomic E-state index is 6.26. The fraction of sp³-hybridized carbons (Fsp3) is 0.250. The molecule has 1 unspecified atom stereocenters. The van der Waals surface area contributed by atoms with Gasteiger partial charge in [-0.05, 0) is 24.1 Å². The number of halogens is 1. The Balaban J connectivity index is 1.78. The molecule has 1 nitrogen and oxygen atoms in total. The highest BCUT2D eigenvalue weighted by Gasteiger charge is 2.24. The number of para-hydroxylation sites is 1. The molecule has 18 heavy (non-hydrogen) atoms. The van der Waals surface area contributed by atoms with Gasteiger partial charge in [0.15, 0.2) is 0 Å². The molecule has 3 rings (SSSR count). The van der Waals surface area contributed by atoms with Gasteiger partial charge in [0.2, 0.25) is 0 Å². The van der Waals surface area contributed by atoms with E-state index in [-0.39, 0.29) is 0 Å². The number of hydrogen-bond donors (Lipinski definition) is 0. The van der Waals surface area contributed by atoms with Crippen LogP contribution in [0.4, 0.5) is 5.69 Å². The van der Waals surface area contributed by atoms with Crippen LogP contribution in [0.1, 0.15) is 17.9 Å². The molecule has 0 aliphatic carbocycles. The minimum absolute atomic E-state index is 0.627. The average Bonchev–Trinajstić information content (AvgIpc) is 2.90. The molecule has 1 saturated heterocycles. The van der Waals surface area contributed by atoms with Gasteiger partial charge >= 0.3 is 0 Å². The van der Waals surface area contributed by atoms with E-state index in [0.717, 1.165) is 23.8 Å². The molecule has 0 bridgehead atoms. The van der Waals surface area contributed by atoms with Crippen LogP contribution < -0.4 is 4.90 Å². The lowest BCUT2D eigenvalue weighted by Crippen LogP contribution is -2.19. The third kappa shape index (κ3) is 2.23. The molecule has 2 heteroatoms. The molecule has 92 valence electrons. The lowest BCUT2D eigenvalue weighted by atomic mass is 9.99. The lowest BCUT2D eigenvalue weighted by molar-refractivity contribution is 0.775. The van der Waals surface area contributed by atoms with E-state index in [4.69, 9.17) is 11.6 Å². The van der Waals surface area contributed by atoms with Crippen LogP contribution in [0.3, 0.4) is 0 Å². The molecular formula is C16H16ClN. The van der Waals surface area contributed by atoms with Crippen molar-refractivity contribution in [1.29, 1.82) is 0 Å². The van der Waals surface area contributed by atoms with E-state index < -0.39 is 0 Å². The molecule has 0 saturated carbocycles. The van der Waals surface area contributed by atoms with Crippen LogP contribution in [0.25, 0.3) is 0 Å². The number of anilines is 1. The van der Waals surface area contributed by atoms with Crippen molar-refractivity contribution in [3.05, 3.63) is 65.2 Å². The minimum atomic E-state index is 0.627. The Kier molecular flexibility index (Phi) is 3.24. The molecule has 1 heterocycles. The van der Waals surface area contributed by atoms with Crippen LogP contribution in [0.5, 0.6) is 0 Å². The fourth-order valence-corrected chi connectivity index (χ4v) is 2.94. The van der Waals surface area contributed by atoms with Crippen LogP contribution in [-0.4, -0.2) is 13.1 Å². The van der Waals surface area contributed by atoms with Crippen LogP contribution in [0.2, 0.25) is 5.02 Å². The van der Waals surface area contributed by atoms with E-state index in [9.17, 15) is 0 Å². The van der Waals surface area contributed by atoms with Crippen molar-refractivity contribution >= 4 is 17.3 Å². The van der Waals surface area contributed by atoms with Crippen molar-refractivity contribution in [2.75, 3.05) is 18.0 Å². The summed E-state index contributed by atoms with van der Waals surface area (Å²) < 4.78 is 0. The zero-order valence-electron chi connectivity index (χ0n) is 10.2. The highest BCUT2D eigenvalue weighted by atomic mass is 35.5. The van der Waals surface area contributed by atoms with Crippen molar-refractivity contribution in [2.24, 2.45) is 0 Å². The molecule has 0 aromatic heterocycles. The predicted octanol–water partition coefficient (Wildman–Crippen LogP) is 4.33. The summed E-state index contributed by atoms with van der Waals surface area (Å²) >= 11 is 6.26. The van der Waals surface area contributed by atoms with Crippen molar-refractivity contribution in [3.63, 3.8) is 0 Å².